The number of carboxylic acids is 1. The maximum absolute atomic E-state index is 11.4. The summed E-state index contributed by atoms with van der Waals surface area (Å²) in [6.07, 6.45) is -0.283. The topological polar surface area (TPSA) is 75.6 Å². The first-order chi connectivity index (χ1) is 9.68. The fourth-order valence-electron chi connectivity index (χ4n) is 1.22. The first kappa shape index (κ1) is 16.7. The summed E-state index contributed by atoms with van der Waals surface area (Å²) < 4.78 is 5.04. The van der Waals surface area contributed by atoms with Crippen molar-refractivity contribution in [2.75, 3.05) is 18.1 Å². The van der Waals surface area contributed by atoms with Crippen LogP contribution in [0, 0.1) is 0 Å². The second-order valence-corrected chi connectivity index (χ2v) is 6.48. The monoisotopic (exact) mass is 315 g/mol. The summed E-state index contributed by atoms with van der Waals surface area (Å²) in [7, 11) is 3.02. The Bertz CT molecular complexity index is 414. The van der Waals surface area contributed by atoms with Crippen molar-refractivity contribution in [1.82, 2.24) is 5.32 Å². The molecule has 1 rings (SSSR count). The van der Waals surface area contributed by atoms with Crippen molar-refractivity contribution in [3.05, 3.63) is 35.9 Å². The van der Waals surface area contributed by atoms with Crippen molar-refractivity contribution < 1.29 is 19.4 Å². The van der Waals surface area contributed by atoms with Gasteiger partial charge in [-0.3, -0.25) is 4.79 Å². The highest BCUT2D eigenvalue weighted by atomic mass is 33.1. The van der Waals surface area contributed by atoms with E-state index in [2.05, 4.69) is 5.32 Å². The Morgan fingerprint density at radius 1 is 1.15 bits per heavy atom. The molecule has 0 spiro atoms. The molecule has 0 unspecified atom stereocenters. The number of carboxylic acid groups (broad SMARTS) is 1. The minimum absolute atomic E-state index is 0.157. The van der Waals surface area contributed by atoms with Gasteiger partial charge < -0.3 is 15.2 Å². The van der Waals surface area contributed by atoms with E-state index in [0.717, 1.165) is 5.56 Å². The summed E-state index contributed by atoms with van der Waals surface area (Å²) in [6, 6.07) is 9.47. The summed E-state index contributed by atoms with van der Waals surface area (Å²) in [5, 5.41) is 11.1. The summed E-state index contributed by atoms with van der Waals surface area (Å²) >= 11 is 0. The Labute approximate surface area is 125 Å². The molecule has 1 aromatic rings. The van der Waals surface area contributed by atoms with Crippen LogP contribution in [-0.4, -0.2) is 35.2 Å². The molecule has 0 heterocycles. The molecule has 2 N–H and O–H groups in total. The van der Waals surface area contributed by atoms with Gasteiger partial charge in [-0.05, 0) is 5.56 Å². The molecule has 0 bridgehead atoms. The summed E-state index contributed by atoms with van der Waals surface area (Å²) in [6.45, 7) is 0.755. The Hall–Kier alpha value is -1.34. The van der Waals surface area contributed by atoms with Crippen molar-refractivity contribution in [2.45, 2.75) is 13.0 Å². The molecule has 0 aliphatic heterocycles. The molecule has 1 amide bonds. The number of ether oxygens (including phenoxy) is 1. The highest BCUT2D eigenvalue weighted by Crippen LogP contribution is 2.20. The third-order valence-electron chi connectivity index (χ3n) is 2.15. The largest absolute Gasteiger partial charge is 0.481 e. The van der Waals surface area contributed by atoms with Crippen molar-refractivity contribution in [3.63, 3.8) is 0 Å². The highest BCUT2D eigenvalue weighted by Gasteiger charge is 2.02. The zero-order valence-corrected chi connectivity index (χ0v) is 12.5. The van der Waals surface area contributed by atoms with Crippen molar-refractivity contribution >= 4 is 33.7 Å². The standard InChI is InChI=1S/C13H17NO4S2/c15-12(16)6-8-19-20-9-7-14-13(17)18-10-11-4-2-1-3-5-11/h1-5H,6-10H2,(H,14,17)(H,15,16). The van der Waals surface area contributed by atoms with E-state index in [1.54, 1.807) is 0 Å². The predicted molar refractivity (Wildman–Crippen MR) is 81.8 cm³/mol. The molecule has 0 aromatic heterocycles. The fourth-order valence-corrected chi connectivity index (χ4v) is 3.10. The lowest BCUT2D eigenvalue weighted by Crippen LogP contribution is -2.26. The average molecular weight is 315 g/mol. The van der Waals surface area contributed by atoms with Crippen LogP contribution in [0.5, 0.6) is 0 Å². The Kier molecular flexibility index (Phi) is 8.73. The summed E-state index contributed by atoms with van der Waals surface area (Å²) in [5.41, 5.74) is 0.946. The lowest BCUT2D eigenvalue weighted by Gasteiger charge is -2.06. The number of carbonyl (C=O) groups excluding carboxylic acids is 1. The lowest BCUT2D eigenvalue weighted by molar-refractivity contribution is -0.136. The van der Waals surface area contributed by atoms with Crippen LogP contribution in [0.1, 0.15) is 12.0 Å². The van der Waals surface area contributed by atoms with E-state index in [0.29, 0.717) is 18.1 Å². The number of hydrogen-bond donors (Lipinski definition) is 2. The molecule has 0 atom stereocenters. The minimum atomic E-state index is -0.791. The SMILES string of the molecule is O=C(O)CCSSCCNC(=O)OCc1ccccc1. The molecule has 0 aliphatic rings. The molecule has 7 heteroatoms. The maximum Gasteiger partial charge on any atom is 0.407 e. The van der Waals surface area contributed by atoms with Gasteiger partial charge in [0.1, 0.15) is 6.61 Å². The minimum Gasteiger partial charge on any atom is -0.481 e. The molecular weight excluding hydrogens is 298 g/mol. The molecule has 110 valence electrons. The van der Waals surface area contributed by atoms with Crippen LogP contribution in [0.15, 0.2) is 30.3 Å². The fraction of sp³-hybridized carbons (Fsp3) is 0.385. The molecule has 0 saturated heterocycles. The summed E-state index contributed by atoms with van der Waals surface area (Å²) in [4.78, 5) is 21.6. The van der Waals surface area contributed by atoms with Crippen LogP contribution in [0.3, 0.4) is 0 Å². The second kappa shape index (κ2) is 10.4. The molecule has 0 radical (unpaired) electrons. The zero-order valence-electron chi connectivity index (χ0n) is 10.9. The molecular formula is C13H17NO4S2. The normalized spacial score (nSPS) is 10.0. The molecule has 0 aliphatic carbocycles. The molecule has 5 nitrogen and oxygen atoms in total. The first-order valence-corrected chi connectivity index (χ1v) is 8.58. The number of amides is 1. The van der Waals surface area contributed by atoms with Crippen LogP contribution in [0.25, 0.3) is 0 Å². The van der Waals surface area contributed by atoms with Crippen LogP contribution in [-0.2, 0) is 16.1 Å². The number of aliphatic carboxylic acids is 1. The van der Waals surface area contributed by atoms with Gasteiger partial charge in [-0.25, -0.2) is 4.79 Å². The van der Waals surface area contributed by atoms with Gasteiger partial charge in [0, 0.05) is 18.1 Å². The Morgan fingerprint density at radius 2 is 1.85 bits per heavy atom. The number of hydrogen-bond acceptors (Lipinski definition) is 5. The Balaban J connectivity index is 1.96. The third-order valence-corrected chi connectivity index (χ3v) is 4.56. The molecule has 1 aromatic carbocycles. The second-order valence-electron chi connectivity index (χ2n) is 3.78. The number of nitrogens with one attached hydrogen (secondary N) is 1. The van der Waals surface area contributed by atoms with Gasteiger partial charge in [0.15, 0.2) is 0 Å². The maximum atomic E-state index is 11.4. The van der Waals surface area contributed by atoms with E-state index in [-0.39, 0.29) is 13.0 Å². The van der Waals surface area contributed by atoms with Gasteiger partial charge in [-0.2, -0.15) is 0 Å². The quantitative estimate of drug-likeness (QED) is 0.539. The van der Waals surface area contributed by atoms with E-state index in [4.69, 9.17) is 9.84 Å². The number of alkyl carbamates (subject to hydrolysis) is 1. The molecule has 20 heavy (non-hydrogen) atoms. The van der Waals surface area contributed by atoms with Crippen LogP contribution in [0.2, 0.25) is 0 Å². The number of rotatable bonds is 9. The van der Waals surface area contributed by atoms with Gasteiger partial charge in [-0.15, -0.1) is 0 Å². The zero-order chi connectivity index (χ0) is 14.6. The number of carbonyl (C=O) groups is 2. The van der Waals surface area contributed by atoms with E-state index >= 15 is 0 Å². The average Bonchev–Trinajstić information content (AvgIpc) is 2.45. The summed E-state index contributed by atoms with van der Waals surface area (Å²) in [5.74, 6) is 0.490. The van der Waals surface area contributed by atoms with Gasteiger partial charge in [0.05, 0.1) is 6.42 Å². The van der Waals surface area contributed by atoms with E-state index in [9.17, 15) is 9.59 Å². The predicted octanol–water partition coefficient (Wildman–Crippen LogP) is 2.77. The highest BCUT2D eigenvalue weighted by molar-refractivity contribution is 8.76. The van der Waals surface area contributed by atoms with Crippen molar-refractivity contribution in [1.29, 1.82) is 0 Å². The van der Waals surface area contributed by atoms with Gasteiger partial charge in [0.2, 0.25) is 0 Å². The van der Waals surface area contributed by atoms with Crippen LogP contribution >= 0.6 is 21.6 Å². The van der Waals surface area contributed by atoms with Gasteiger partial charge >= 0.3 is 12.1 Å². The Morgan fingerprint density at radius 3 is 2.55 bits per heavy atom. The van der Waals surface area contributed by atoms with Gasteiger partial charge in [-0.1, -0.05) is 51.9 Å². The van der Waals surface area contributed by atoms with E-state index in [1.807, 2.05) is 30.3 Å². The molecule has 0 fully saturated rings. The van der Waals surface area contributed by atoms with Crippen molar-refractivity contribution in [2.24, 2.45) is 0 Å². The third kappa shape index (κ3) is 8.71. The number of benzene rings is 1. The van der Waals surface area contributed by atoms with Crippen LogP contribution in [0.4, 0.5) is 4.79 Å². The van der Waals surface area contributed by atoms with Crippen LogP contribution < -0.4 is 5.32 Å². The van der Waals surface area contributed by atoms with Crippen molar-refractivity contribution in [3.8, 4) is 0 Å². The van der Waals surface area contributed by atoms with E-state index in [1.165, 1.54) is 21.6 Å². The smallest absolute Gasteiger partial charge is 0.407 e. The van der Waals surface area contributed by atoms with E-state index < -0.39 is 12.1 Å². The van der Waals surface area contributed by atoms with Gasteiger partial charge in [0.25, 0.3) is 0 Å². The lowest BCUT2D eigenvalue weighted by atomic mass is 10.2. The first-order valence-electron chi connectivity index (χ1n) is 6.09. The molecule has 0 saturated carbocycles.